The van der Waals surface area contributed by atoms with E-state index in [1.54, 1.807) is 23.9 Å². The lowest BCUT2D eigenvalue weighted by Crippen LogP contribution is -2.44. The zero-order chi connectivity index (χ0) is 19.5. The molecule has 0 bridgehead atoms. The first-order chi connectivity index (χ1) is 13.6. The normalized spacial score (nSPS) is 16.9. The van der Waals surface area contributed by atoms with Crippen molar-refractivity contribution >= 4 is 32.6 Å². The Kier molecular flexibility index (Phi) is 5.73. The van der Waals surface area contributed by atoms with Gasteiger partial charge in [-0.1, -0.05) is 48.5 Å². The summed E-state index contributed by atoms with van der Waals surface area (Å²) >= 11 is 1.74. The van der Waals surface area contributed by atoms with Crippen molar-refractivity contribution in [3.63, 3.8) is 0 Å². The van der Waals surface area contributed by atoms with Gasteiger partial charge in [0.25, 0.3) is 0 Å². The molecule has 0 saturated carbocycles. The number of ether oxygens (including phenoxy) is 1. The summed E-state index contributed by atoms with van der Waals surface area (Å²) in [5.74, 6) is 0. The van der Waals surface area contributed by atoms with E-state index in [9.17, 15) is 8.42 Å². The summed E-state index contributed by atoms with van der Waals surface area (Å²) in [5, 5.41) is 1.95. The minimum absolute atomic E-state index is 0.205. The molecule has 0 aromatic heterocycles. The molecule has 146 valence electrons. The van der Waals surface area contributed by atoms with E-state index in [1.807, 2.05) is 48.5 Å². The van der Waals surface area contributed by atoms with E-state index in [0.29, 0.717) is 24.7 Å². The minimum atomic E-state index is -3.59. The second-order valence-electron chi connectivity index (χ2n) is 7.04. The minimum Gasteiger partial charge on any atom is -0.381 e. The second-order valence-corrected chi connectivity index (χ2v) is 10.4. The molecule has 1 aliphatic heterocycles. The van der Waals surface area contributed by atoms with Gasteiger partial charge in [-0.2, -0.15) is 0 Å². The lowest BCUT2D eigenvalue weighted by atomic mass is 9.99. The van der Waals surface area contributed by atoms with Crippen LogP contribution in [0.25, 0.3) is 10.8 Å². The van der Waals surface area contributed by atoms with Crippen LogP contribution >= 0.6 is 11.8 Å². The molecule has 0 atom stereocenters. The number of hydrogen-bond acceptors (Lipinski definition) is 4. The average Bonchev–Trinajstić information content (AvgIpc) is 2.73. The maximum Gasteiger partial charge on any atom is 0.240 e. The highest BCUT2D eigenvalue weighted by Crippen LogP contribution is 2.40. The van der Waals surface area contributed by atoms with E-state index < -0.39 is 10.0 Å². The molecule has 1 aliphatic rings. The van der Waals surface area contributed by atoms with Gasteiger partial charge in [-0.05, 0) is 47.9 Å². The summed E-state index contributed by atoms with van der Waals surface area (Å²) in [6.07, 6.45) is 1.62. The standard InChI is InChI=1S/C22H23NO3S2/c24-28(25,21-11-10-18-6-4-5-7-19(18)16-21)23-17-22(12-14-26-15-13-22)27-20-8-2-1-3-9-20/h1-11,16,23H,12-15,17H2. The lowest BCUT2D eigenvalue weighted by molar-refractivity contribution is 0.0784. The predicted octanol–water partition coefficient (Wildman–Crippen LogP) is 4.46. The maximum absolute atomic E-state index is 13.0. The molecule has 6 heteroatoms. The van der Waals surface area contributed by atoms with Gasteiger partial charge in [0, 0.05) is 29.4 Å². The van der Waals surface area contributed by atoms with Crippen molar-refractivity contribution in [2.45, 2.75) is 27.4 Å². The van der Waals surface area contributed by atoms with Crippen LogP contribution in [-0.2, 0) is 14.8 Å². The highest BCUT2D eigenvalue weighted by molar-refractivity contribution is 8.00. The Morgan fingerprint density at radius 1 is 0.893 bits per heavy atom. The van der Waals surface area contributed by atoms with Crippen molar-refractivity contribution in [3.8, 4) is 0 Å². The van der Waals surface area contributed by atoms with Crippen molar-refractivity contribution in [1.29, 1.82) is 0 Å². The van der Waals surface area contributed by atoms with E-state index in [1.165, 1.54) is 0 Å². The van der Waals surface area contributed by atoms with Gasteiger partial charge in [-0.3, -0.25) is 0 Å². The van der Waals surface area contributed by atoms with Gasteiger partial charge in [0.2, 0.25) is 10.0 Å². The van der Waals surface area contributed by atoms with Gasteiger partial charge >= 0.3 is 0 Å². The maximum atomic E-state index is 13.0. The Morgan fingerprint density at radius 2 is 1.57 bits per heavy atom. The van der Waals surface area contributed by atoms with Crippen LogP contribution in [0.15, 0.2) is 82.6 Å². The van der Waals surface area contributed by atoms with Crippen molar-refractivity contribution in [2.24, 2.45) is 0 Å². The fourth-order valence-electron chi connectivity index (χ4n) is 3.44. The molecule has 4 rings (SSSR count). The Bertz CT molecular complexity index is 1050. The average molecular weight is 414 g/mol. The van der Waals surface area contributed by atoms with E-state index in [0.717, 1.165) is 28.5 Å². The number of fused-ring (bicyclic) bond motifs is 1. The summed E-state index contributed by atoms with van der Waals surface area (Å²) in [7, 11) is -3.59. The zero-order valence-electron chi connectivity index (χ0n) is 15.5. The van der Waals surface area contributed by atoms with Gasteiger partial charge in [-0.15, -0.1) is 11.8 Å². The molecule has 1 saturated heterocycles. The molecule has 0 unspecified atom stereocenters. The molecule has 4 nitrogen and oxygen atoms in total. The topological polar surface area (TPSA) is 55.4 Å². The van der Waals surface area contributed by atoms with E-state index in [-0.39, 0.29) is 4.75 Å². The Balaban J connectivity index is 1.55. The number of thioether (sulfide) groups is 1. The molecule has 1 heterocycles. The second kappa shape index (κ2) is 8.25. The molecule has 0 spiro atoms. The summed E-state index contributed by atoms with van der Waals surface area (Å²) in [6, 6.07) is 23.2. The largest absolute Gasteiger partial charge is 0.381 e. The van der Waals surface area contributed by atoms with Crippen molar-refractivity contribution in [2.75, 3.05) is 19.8 Å². The first-order valence-corrected chi connectivity index (χ1v) is 11.7. The first-order valence-electron chi connectivity index (χ1n) is 9.37. The Morgan fingerprint density at radius 3 is 2.32 bits per heavy atom. The molecule has 0 radical (unpaired) electrons. The zero-order valence-corrected chi connectivity index (χ0v) is 17.1. The molecule has 1 fully saturated rings. The molecular formula is C22H23NO3S2. The first kappa shape index (κ1) is 19.5. The number of sulfonamides is 1. The van der Waals surface area contributed by atoms with Crippen molar-refractivity contribution < 1.29 is 13.2 Å². The quantitative estimate of drug-likeness (QED) is 0.648. The van der Waals surface area contributed by atoms with Crippen LogP contribution in [0.1, 0.15) is 12.8 Å². The monoisotopic (exact) mass is 413 g/mol. The van der Waals surface area contributed by atoms with Crippen LogP contribution < -0.4 is 4.72 Å². The smallest absolute Gasteiger partial charge is 0.240 e. The molecule has 28 heavy (non-hydrogen) atoms. The predicted molar refractivity (Wildman–Crippen MR) is 114 cm³/mol. The van der Waals surface area contributed by atoms with Crippen molar-refractivity contribution in [3.05, 3.63) is 72.8 Å². The highest BCUT2D eigenvalue weighted by atomic mass is 32.2. The van der Waals surface area contributed by atoms with Gasteiger partial charge in [-0.25, -0.2) is 13.1 Å². The van der Waals surface area contributed by atoms with Crippen LogP contribution in [0.3, 0.4) is 0 Å². The van der Waals surface area contributed by atoms with Crippen LogP contribution in [0.4, 0.5) is 0 Å². The SMILES string of the molecule is O=S(=O)(NCC1(Sc2ccccc2)CCOCC1)c1ccc2ccccc2c1. The van der Waals surface area contributed by atoms with Crippen LogP contribution in [-0.4, -0.2) is 32.9 Å². The summed E-state index contributed by atoms with van der Waals surface area (Å²) in [4.78, 5) is 1.45. The molecule has 0 amide bonds. The molecule has 1 N–H and O–H groups in total. The fraction of sp³-hybridized carbons (Fsp3) is 0.273. The third-order valence-corrected chi connectivity index (χ3v) is 7.99. The number of hydrogen-bond donors (Lipinski definition) is 1. The van der Waals surface area contributed by atoms with Gasteiger partial charge < -0.3 is 4.74 Å². The van der Waals surface area contributed by atoms with E-state index in [4.69, 9.17) is 4.74 Å². The van der Waals surface area contributed by atoms with E-state index in [2.05, 4.69) is 16.9 Å². The number of rotatable bonds is 6. The van der Waals surface area contributed by atoms with Gasteiger partial charge in [0.15, 0.2) is 0 Å². The van der Waals surface area contributed by atoms with Crippen molar-refractivity contribution in [1.82, 2.24) is 4.72 Å². The number of benzene rings is 3. The lowest BCUT2D eigenvalue weighted by Gasteiger charge is -2.36. The molecule has 0 aliphatic carbocycles. The summed E-state index contributed by atoms with van der Waals surface area (Å²) < 4.78 is 34.1. The van der Waals surface area contributed by atoms with Gasteiger partial charge in [0.05, 0.1) is 4.90 Å². The summed E-state index contributed by atoms with van der Waals surface area (Å²) in [5.41, 5.74) is 0. The Hall–Kier alpha value is -1.86. The van der Waals surface area contributed by atoms with Crippen LogP contribution in [0.2, 0.25) is 0 Å². The van der Waals surface area contributed by atoms with Crippen LogP contribution in [0.5, 0.6) is 0 Å². The fourth-order valence-corrected chi connectivity index (χ4v) is 6.00. The third-order valence-electron chi connectivity index (χ3n) is 5.10. The number of nitrogens with one attached hydrogen (secondary N) is 1. The molecular weight excluding hydrogens is 390 g/mol. The van der Waals surface area contributed by atoms with Crippen LogP contribution in [0, 0.1) is 0 Å². The highest BCUT2D eigenvalue weighted by Gasteiger charge is 2.35. The molecule has 3 aromatic carbocycles. The van der Waals surface area contributed by atoms with E-state index >= 15 is 0 Å². The third kappa shape index (κ3) is 4.41. The Labute approximate surface area is 170 Å². The van der Waals surface area contributed by atoms with Gasteiger partial charge in [0.1, 0.15) is 0 Å². The summed E-state index contributed by atoms with van der Waals surface area (Å²) in [6.45, 7) is 1.68. The molecule has 3 aromatic rings.